The van der Waals surface area contributed by atoms with Crippen LogP contribution in [-0.2, 0) is 4.79 Å². The molecule has 0 radical (unpaired) electrons. The van der Waals surface area contributed by atoms with Crippen LogP contribution in [0.2, 0.25) is 0 Å². The zero-order chi connectivity index (χ0) is 14.3. The van der Waals surface area contributed by atoms with Gasteiger partial charge in [0, 0.05) is 10.2 Å². The summed E-state index contributed by atoms with van der Waals surface area (Å²) in [4.78, 5) is 16.0. The molecule has 102 valence electrons. The minimum Gasteiger partial charge on any atom is -0.366 e. The second-order valence-electron chi connectivity index (χ2n) is 4.48. The number of hydrogen-bond acceptors (Lipinski definition) is 4. The number of allylic oxidation sites excluding steroid dienone is 1. The number of carbonyl (C=O) groups excluding carboxylic acids is 1. The second kappa shape index (κ2) is 4.75. The minimum atomic E-state index is -0.475. The molecular formula is C13H12BrN5O. The second-order valence-corrected chi connectivity index (χ2v) is 5.33. The van der Waals surface area contributed by atoms with Crippen LogP contribution in [0.15, 0.2) is 46.3 Å². The van der Waals surface area contributed by atoms with Crippen molar-refractivity contribution in [2.45, 2.75) is 13.0 Å². The Morgan fingerprint density at radius 1 is 1.45 bits per heavy atom. The molecule has 0 bridgehead atoms. The van der Waals surface area contributed by atoms with Crippen LogP contribution < -0.4 is 11.1 Å². The van der Waals surface area contributed by atoms with E-state index in [1.807, 2.05) is 31.2 Å². The maximum atomic E-state index is 11.8. The SMILES string of the molecule is CC1=C(C(N)=O)[C@H](c2ccccc2Br)n2ncnc2N1. The molecule has 0 aliphatic carbocycles. The summed E-state index contributed by atoms with van der Waals surface area (Å²) in [6.07, 6.45) is 1.45. The number of nitrogens with two attached hydrogens (primary N) is 1. The summed E-state index contributed by atoms with van der Waals surface area (Å²) < 4.78 is 2.55. The van der Waals surface area contributed by atoms with Crippen molar-refractivity contribution >= 4 is 27.8 Å². The molecule has 0 spiro atoms. The first-order chi connectivity index (χ1) is 9.59. The molecule has 6 nitrogen and oxygen atoms in total. The highest BCUT2D eigenvalue weighted by molar-refractivity contribution is 9.10. The highest BCUT2D eigenvalue weighted by atomic mass is 79.9. The lowest BCUT2D eigenvalue weighted by Gasteiger charge is -2.28. The first kappa shape index (κ1) is 12.9. The van der Waals surface area contributed by atoms with Crippen molar-refractivity contribution in [3.8, 4) is 0 Å². The van der Waals surface area contributed by atoms with Crippen LogP contribution in [0, 0.1) is 0 Å². The van der Waals surface area contributed by atoms with Crippen LogP contribution in [-0.4, -0.2) is 20.7 Å². The van der Waals surface area contributed by atoms with E-state index in [0.717, 1.165) is 10.0 Å². The van der Waals surface area contributed by atoms with Gasteiger partial charge in [-0.05, 0) is 18.6 Å². The highest BCUT2D eigenvalue weighted by Gasteiger charge is 2.33. The van der Waals surface area contributed by atoms with E-state index in [1.165, 1.54) is 6.33 Å². The van der Waals surface area contributed by atoms with E-state index in [-0.39, 0.29) is 6.04 Å². The van der Waals surface area contributed by atoms with Gasteiger partial charge >= 0.3 is 0 Å². The number of benzene rings is 1. The number of carbonyl (C=O) groups is 1. The Balaban J connectivity index is 2.25. The molecule has 1 atom stereocenters. The van der Waals surface area contributed by atoms with Crippen LogP contribution in [0.1, 0.15) is 18.5 Å². The molecule has 2 heterocycles. The number of primary amides is 1. The topological polar surface area (TPSA) is 85.8 Å². The van der Waals surface area contributed by atoms with Gasteiger partial charge in [-0.3, -0.25) is 4.79 Å². The van der Waals surface area contributed by atoms with Crippen molar-refractivity contribution in [3.05, 3.63) is 51.9 Å². The third-order valence-corrected chi connectivity index (χ3v) is 3.98. The summed E-state index contributed by atoms with van der Waals surface area (Å²) in [6.45, 7) is 1.81. The van der Waals surface area contributed by atoms with Crippen LogP contribution in [0.3, 0.4) is 0 Å². The van der Waals surface area contributed by atoms with E-state index in [4.69, 9.17) is 5.73 Å². The Morgan fingerprint density at radius 2 is 2.20 bits per heavy atom. The van der Waals surface area contributed by atoms with E-state index in [0.29, 0.717) is 17.2 Å². The number of fused-ring (bicyclic) bond motifs is 1. The van der Waals surface area contributed by atoms with Crippen molar-refractivity contribution in [2.75, 3.05) is 5.32 Å². The molecular weight excluding hydrogens is 322 g/mol. The first-order valence-corrected chi connectivity index (χ1v) is 6.80. The Kier molecular flexibility index (Phi) is 3.06. The average molecular weight is 334 g/mol. The lowest BCUT2D eigenvalue weighted by molar-refractivity contribution is -0.115. The molecule has 1 aromatic heterocycles. The molecule has 0 fully saturated rings. The summed E-state index contributed by atoms with van der Waals surface area (Å²) in [5.74, 6) is 0.116. The van der Waals surface area contributed by atoms with Crippen LogP contribution in [0.25, 0.3) is 0 Å². The standard InChI is InChI=1S/C13H12BrN5O/c1-7-10(12(15)20)11(8-4-2-3-5-9(8)14)19-13(18-7)16-6-17-19/h2-6,11H,1H3,(H2,15,20)(H,16,17,18)/t11-/m0/s1. The third-order valence-electron chi connectivity index (χ3n) is 3.26. The number of rotatable bonds is 2. The Hall–Kier alpha value is -2.15. The molecule has 3 N–H and O–H groups in total. The molecule has 1 aliphatic heterocycles. The quantitative estimate of drug-likeness (QED) is 0.877. The smallest absolute Gasteiger partial charge is 0.248 e. The summed E-state index contributed by atoms with van der Waals surface area (Å²) in [5.41, 5.74) is 7.63. The lowest BCUT2D eigenvalue weighted by Crippen LogP contribution is -2.32. The van der Waals surface area contributed by atoms with Crippen molar-refractivity contribution in [3.63, 3.8) is 0 Å². The van der Waals surface area contributed by atoms with E-state index in [2.05, 4.69) is 31.3 Å². The van der Waals surface area contributed by atoms with E-state index >= 15 is 0 Å². The maximum Gasteiger partial charge on any atom is 0.248 e. The van der Waals surface area contributed by atoms with E-state index in [9.17, 15) is 4.79 Å². The van der Waals surface area contributed by atoms with Gasteiger partial charge < -0.3 is 11.1 Å². The van der Waals surface area contributed by atoms with Gasteiger partial charge in [0.1, 0.15) is 12.4 Å². The Labute approximate surface area is 123 Å². The number of halogens is 1. The zero-order valence-electron chi connectivity index (χ0n) is 10.7. The van der Waals surface area contributed by atoms with Crippen molar-refractivity contribution in [2.24, 2.45) is 5.73 Å². The van der Waals surface area contributed by atoms with Gasteiger partial charge in [-0.15, -0.1) is 0 Å². The molecule has 7 heteroatoms. The number of nitrogens with one attached hydrogen (secondary N) is 1. The van der Waals surface area contributed by atoms with Gasteiger partial charge in [0.15, 0.2) is 0 Å². The predicted molar refractivity (Wildman–Crippen MR) is 77.8 cm³/mol. The summed E-state index contributed by atoms with van der Waals surface area (Å²) >= 11 is 3.51. The van der Waals surface area contributed by atoms with Crippen LogP contribution >= 0.6 is 15.9 Å². The zero-order valence-corrected chi connectivity index (χ0v) is 12.3. The fourth-order valence-corrected chi connectivity index (χ4v) is 2.90. The van der Waals surface area contributed by atoms with Crippen molar-refractivity contribution in [1.82, 2.24) is 14.8 Å². The first-order valence-electron chi connectivity index (χ1n) is 6.01. The van der Waals surface area contributed by atoms with Gasteiger partial charge in [-0.2, -0.15) is 10.1 Å². The number of aromatic nitrogens is 3. The molecule has 1 amide bonds. The predicted octanol–water partition coefficient (Wildman–Crippen LogP) is 1.81. The average Bonchev–Trinajstić information content (AvgIpc) is 2.85. The lowest BCUT2D eigenvalue weighted by atomic mass is 9.95. The molecule has 1 aliphatic rings. The largest absolute Gasteiger partial charge is 0.366 e. The summed E-state index contributed by atoms with van der Waals surface area (Å²) in [7, 11) is 0. The van der Waals surface area contributed by atoms with E-state index < -0.39 is 5.91 Å². The van der Waals surface area contributed by atoms with Gasteiger partial charge in [-0.1, -0.05) is 34.1 Å². The minimum absolute atomic E-state index is 0.387. The molecule has 20 heavy (non-hydrogen) atoms. The molecule has 0 saturated heterocycles. The highest BCUT2D eigenvalue weighted by Crippen LogP contribution is 2.37. The summed E-state index contributed by atoms with van der Waals surface area (Å²) in [5, 5.41) is 7.25. The monoisotopic (exact) mass is 333 g/mol. The van der Waals surface area contributed by atoms with Gasteiger partial charge in [0.2, 0.25) is 11.9 Å². The molecule has 0 unspecified atom stereocenters. The molecule has 2 aromatic rings. The Morgan fingerprint density at radius 3 is 2.90 bits per heavy atom. The van der Waals surface area contributed by atoms with Crippen molar-refractivity contribution in [1.29, 1.82) is 0 Å². The van der Waals surface area contributed by atoms with Gasteiger partial charge in [0.25, 0.3) is 0 Å². The summed E-state index contributed by atoms with van der Waals surface area (Å²) in [6, 6.07) is 7.29. The normalized spacial score (nSPS) is 17.6. The number of amides is 1. The van der Waals surface area contributed by atoms with Crippen LogP contribution in [0.5, 0.6) is 0 Å². The third kappa shape index (κ3) is 1.90. The van der Waals surface area contributed by atoms with Gasteiger partial charge in [-0.25, -0.2) is 4.68 Å². The molecule has 3 rings (SSSR count). The number of anilines is 1. The fraction of sp³-hybridized carbons (Fsp3) is 0.154. The van der Waals surface area contributed by atoms with Crippen LogP contribution in [0.4, 0.5) is 5.95 Å². The van der Waals surface area contributed by atoms with Gasteiger partial charge in [0.05, 0.1) is 5.57 Å². The number of nitrogens with zero attached hydrogens (tertiary/aromatic N) is 3. The fourth-order valence-electron chi connectivity index (χ4n) is 2.39. The molecule has 1 aromatic carbocycles. The number of hydrogen-bond donors (Lipinski definition) is 2. The molecule has 0 saturated carbocycles. The Bertz CT molecular complexity index is 721. The van der Waals surface area contributed by atoms with Crippen molar-refractivity contribution < 1.29 is 4.79 Å². The maximum absolute atomic E-state index is 11.8. The van der Waals surface area contributed by atoms with E-state index in [1.54, 1.807) is 4.68 Å².